The average Bonchev–Trinajstić information content (AvgIpc) is 2.61. The first-order chi connectivity index (χ1) is 10.9. The lowest BCUT2D eigenvalue weighted by Gasteiger charge is -2.14. The highest BCUT2D eigenvalue weighted by Crippen LogP contribution is 2.31. The van der Waals surface area contributed by atoms with Gasteiger partial charge in [0.15, 0.2) is 0 Å². The standard InChI is InChI=1S/C20H19NO/c1-22-18-12-13-19(17-10-6-3-7-11-17)20(14-18)21-15-16-8-4-2-5-9-16/h2-14,21H,15H2,1H3. The van der Waals surface area contributed by atoms with Crippen molar-refractivity contribution in [2.75, 3.05) is 12.4 Å². The van der Waals surface area contributed by atoms with Gasteiger partial charge in [0.25, 0.3) is 0 Å². The fourth-order valence-electron chi connectivity index (χ4n) is 2.46. The summed E-state index contributed by atoms with van der Waals surface area (Å²) in [5.41, 5.74) is 4.71. The van der Waals surface area contributed by atoms with E-state index in [-0.39, 0.29) is 0 Å². The summed E-state index contributed by atoms with van der Waals surface area (Å²) >= 11 is 0. The minimum Gasteiger partial charge on any atom is -0.497 e. The first-order valence-electron chi connectivity index (χ1n) is 7.38. The van der Waals surface area contributed by atoms with Gasteiger partial charge >= 0.3 is 0 Å². The molecular weight excluding hydrogens is 270 g/mol. The Morgan fingerprint density at radius 3 is 2.18 bits per heavy atom. The third kappa shape index (κ3) is 3.29. The van der Waals surface area contributed by atoms with Crippen LogP contribution in [0.4, 0.5) is 5.69 Å². The molecule has 110 valence electrons. The van der Waals surface area contributed by atoms with E-state index < -0.39 is 0 Å². The molecule has 0 saturated heterocycles. The molecule has 0 aliphatic rings. The molecule has 0 fully saturated rings. The highest BCUT2D eigenvalue weighted by molar-refractivity contribution is 5.79. The summed E-state index contributed by atoms with van der Waals surface area (Å²) in [5, 5.41) is 3.52. The Morgan fingerprint density at radius 2 is 1.50 bits per heavy atom. The number of methoxy groups -OCH3 is 1. The number of rotatable bonds is 5. The molecule has 0 aliphatic heterocycles. The second-order valence-corrected chi connectivity index (χ2v) is 5.12. The Hall–Kier alpha value is -2.74. The Kier molecular flexibility index (Phi) is 4.40. The van der Waals surface area contributed by atoms with Crippen LogP contribution in [-0.4, -0.2) is 7.11 Å². The van der Waals surface area contributed by atoms with Crippen LogP contribution in [0.25, 0.3) is 11.1 Å². The molecule has 0 radical (unpaired) electrons. The molecule has 2 nitrogen and oxygen atoms in total. The Labute approximate surface area is 131 Å². The molecule has 0 atom stereocenters. The van der Waals surface area contributed by atoms with Gasteiger partial charge in [-0.1, -0.05) is 60.7 Å². The van der Waals surface area contributed by atoms with E-state index in [1.165, 1.54) is 16.7 Å². The number of benzene rings is 3. The molecule has 0 heterocycles. The lowest BCUT2D eigenvalue weighted by atomic mass is 10.0. The zero-order valence-corrected chi connectivity index (χ0v) is 12.6. The van der Waals surface area contributed by atoms with E-state index in [1.807, 2.05) is 24.3 Å². The zero-order chi connectivity index (χ0) is 15.2. The van der Waals surface area contributed by atoms with Crippen molar-refractivity contribution >= 4 is 5.69 Å². The molecule has 0 aliphatic carbocycles. The third-order valence-electron chi connectivity index (χ3n) is 3.64. The maximum absolute atomic E-state index is 5.36. The second kappa shape index (κ2) is 6.81. The van der Waals surface area contributed by atoms with Crippen molar-refractivity contribution in [1.82, 2.24) is 0 Å². The number of anilines is 1. The fraction of sp³-hybridized carbons (Fsp3) is 0.100. The molecule has 1 N–H and O–H groups in total. The molecule has 3 rings (SSSR count). The summed E-state index contributed by atoms with van der Waals surface area (Å²) in [4.78, 5) is 0. The van der Waals surface area contributed by atoms with Crippen LogP contribution in [0.15, 0.2) is 78.9 Å². The first kappa shape index (κ1) is 14.2. The molecule has 2 heteroatoms. The van der Waals surface area contributed by atoms with Crippen LogP contribution < -0.4 is 10.1 Å². The van der Waals surface area contributed by atoms with Crippen LogP contribution in [0.1, 0.15) is 5.56 Å². The number of hydrogen-bond donors (Lipinski definition) is 1. The van der Waals surface area contributed by atoms with Crippen molar-refractivity contribution < 1.29 is 4.74 Å². The highest BCUT2D eigenvalue weighted by Gasteiger charge is 2.06. The Balaban J connectivity index is 1.90. The fourth-order valence-corrected chi connectivity index (χ4v) is 2.46. The van der Waals surface area contributed by atoms with Gasteiger partial charge < -0.3 is 10.1 Å². The zero-order valence-electron chi connectivity index (χ0n) is 12.6. The van der Waals surface area contributed by atoms with E-state index in [2.05, 4.69) is 59.9 Å². The normalized spacial score (nSPS) is 10.2. The number of ether oxygens (including phenoxy) is 1. The van der Waals surface area contributed by atoms with Gasteiger partial charge in [-0.05, 0) is 23.3 Å². The second-order valence-electron chi connectivity index (χ2n) is 5.12. The monoisotopic (exact) mass is 289 g/mol. The van der Waals surface area contributed by atoms with Gasteiger partial charge in [-0.15, -0.1) is 0 Å². The van der Waals surface area contributed by atoms with Crippen molar-refractivity contribution in [1.29, 1.82) is 0 Å². The minimum atomic E-state index is 0.786. The molecule has 22 heavy (non-hydrogen) atoms. The summed E-state index contributed by atoms with van der Waals surface area (Å²) in [6.07, 6.45) is 0. The van der Waals surface area contributed by atoms with Crippen LogP contribution >= 0.6 is 0 Å². The van der Waals surface area contributed by atoms with Crippen LogP contribution in [-0.2, 0) is 6.54 Å². The molecule has 0 bridgehead atoms. The molecule has 0 amide bonds. The van der Waals surface area contributed by atoms with E-state index in [4.69, 9.17) is 4.74 Å². The molecule has 0 unspecified atom stereocenters. The van der Waals surface area contributed by atoms with Crippen LogP contribution in [0, 0.1) is 0 Å². The van der Waals surface area contributed by atoms with Gasteiger partial charge in [0, 0.05) is 23.9 Å². The lowest BCUT2D eigenvalue weighted by Crippen LogP contribution is -2.01. The Morgan fingerprint density at radius 1 is 0.818 bits per heavy atom. The predicted octanol–water partition coefficient (Wildman–Crippen LogP) is 4.97. The van der Waals surface area contributed by atoms with Gasteiger partial charge in [0.2, 0.25) is 0 Å². The van der Waals surface area contributed by atoms with Crippen molar-refractivity contribution in [2.45, 2.75) is 6.54 Å². The summed E-state index contributed by atoms with van der Waals surface area (Å²) in [6.45, 7) is 0.786. The predicted molar refractivity (Wildman–Crippen MR) is 92.2 cm³/mol. The molecule has 0 spiro atoms. The topological polar surface area (TPSA) is 21.3 Å². The van der Waals surface area contributed by atoms with Crippen molar-refractivity contribution in [3.63, 3.8) is 0 Å². The van der Waals surface area contributed by atoms with E-state index in [1.54, 1.807) is 7.11 Å². The summed E-state index contributed by atoms with van der Waals surface area (Å²) in [6, 6.07) is 26.9. The van der Waals surface area contributed by atoms with Gasteiger partial charge in [-0.2, -0.15) is 0 Å². The minimum absolute atomic E-state index is 0.786. The maximum Gasteiger partial charge on any atom is 0.120 e. The smallest absolute Gasteiger partial charge is 0.120 e. The maximum atomic E-state index is 5.36. The molecular formula is C20H19NO. The number of hydrogen-bond acceptors (Lipinski definition) is 2. The number of nitrogens with one attached hydrogen (secondary N) is 1. The van der Waals surface area contributed by atoms with Crippen LogP contribution in [0.2, 0.25) is 0 Å². The molecule has 3 aromatic carbocycles. The van der Waals surface area contributed by atoms with Crippen molar-refractivity contribution in [3.05, 3.63) is 84.4 Å². The van der Waals surface area contributed by atoms with E-state index in [0.29, 0.717) is 0 Å². The summed E-state index contributed by atoms with van der Waals surface area (Å²) in [7, 11) is 1.69. The van der Waals surface area contributed by atoms with Crippen molar-refractivity contribution in [2.24, 2.45) is 0 Å². The summed E-state index contributed by atoms with van der Waals surface area (Å²) < 4.78 is 5.36. The van der Waals surface area contributed by atoms with Gasteiger partial charge in [-0.25, -0.2) is 0 Å². The van der Waals surface area contributed by atoms with Crippen LogP contribution in [0.5, 0.6) is 5.75 Å². The van der Waals surface area contributed by atoms with Crippen molar-refractivity contribution in [3.8, 4) is 16.9 Å². The quantitative estimate of drug-likeness (QED) is 0.715. The Bertz CT molecular complexity index is 723. The van der Waals surface area contributed by atoms with Gasteiger partial charge in [0.1, 0.15) is 5.75 Å². The first-order valence-corrected chi connectivity index (χ1v) is 7.38. The SMILES string of the molecule is COc1ccc(-c2ccccc2)c(NCc2ccccc2)c1. The molecule has 0 aromatic heterocycles. The third-order valence-corrected chi connectivity index (χ3v) is 3.64. The largest absolute Gasteiger partial charge is 0.497 e. The molecule has 3 aromatic rings. The van der Waals surface area contributed by atoms with Crippen LogP contribution in [0.3, 0.4) is 0 Å². The summed E-state index contributed by atoms with van der Waals surface area (Å²) in [5.74, 6) is 0.857. The molecule has 0 saturated carbocycles. The van der Waals surface area contributed by atoms with E-state index in [0.717, 1.165) is 18.0 Å². The van der Waals surface area contributed by atoms with E-state index >= 15 is 0 Å². The van der Waals surface area contributed by atoms with Gasteiger partial charge in [0.05, 0.1) is 7.11 Å². The van der Waals surface area contributed by atoms with E-state index in [9.17, 15) is 0 Å². The lowest BCUT2D eigenvalue weighted by molar-refractivity contribution is 0.415. The average molecular weight is 289 g/mol. The van der Waals surface area contributed by atoms with Gasteiger partial charge in [-0.3, -0.25) is 0 Å². The highest BCUT2D eigenvalue weighted by atomic mass is 16.5.